The van der Waals surface area contributed by atoms with Crippen LogP contribution in [0.15, 0.2) is 23.1 Å². The van der Waals surface area contributed by atoms with E-state index in [1.165, 1.54) is 4.90 Å². The van der Waals surface area contributed by atoms with Gasteiger partial charge in [-0.1, -0.05) is 52.6 Å². The Morgan fingerprint density at radius 1 is 1.24 bits per heavy atom. The maximum absolute atomic E-state index is 13.4. The lowest BCUT2D eigenvalue weighted by molar-refractivity contribution is -0.148. The standard InChI is InChI=1S/C27H43ClFN3O5S/c1-17(2)13-23(27(30)34)32(26(33)16-37-24-14-19(5)7-9-21(24)18(3)4)12-6-11-31-38(35,36)25-10-8-20(29)15-22(25)28/h8,10,15,17-19,21,23-24,31H,6-7,9,11-14,16H2,1-5H3,(H2,30,34)/t19-,21+,23+,24+/m1/s1. The molecule has 0 radical (unpaired) electrons. The molecule has 1 aliphatic rings. The van der Waals surface area contributed by atoms with Crippen molar-refractivity contribution in [3.63, 3.8) is 0 Å². The number of hydrogen-bond donors (Lipinski definition) is 2. The maximum atomic E-state index is 13.4. The van der Waals surface area contributed by atoms with Crippen molar-refractivity contribution in [2.45, 2.75) is 83.8 Å². The Balaban J connectivity index is 2.09. The van der Waals surface area contributed by atoms with Gasteiger partial charge in [-0.3, -0.25) is 9.59 Å². The molecule has 0 spiro atoms. The van der Waals surface area contributed by atoms with Gasteiger partial charge in [0.05, 0.1) is 11.1 Å². The van der Waals surface area contributed by atoms with Crippen LogP contribution in [0.25, 0.3) is 0 Å². The van der Waals surface area contributed by atoms with Gasteiger partial charge in [0.25, 0.3) is 0 Å². The normalized spacial score (nSPS) is 21.0. The van der Waals surface area contributed by atoms with Crippen LogP contribution in [0.5, 0.6) is 0 Å². The van der Waals surface area contributed by atoms with Crippen LogP contribution in [-0.4, -0.2) is 57.0 Å². The Kier molecular flexibility index (Phi) is 12.5. The van der Waals surface area contributed by atoms with Gasteiger partial charge in [-0.2, -0.15) is 0 Å². The number of carbonyl (C=O) groups is 2. The molecular weight excluding hydrogens is 533 g/mol. The molecule has 1 aromatic carbocycles. The van der Waals surface area contributed by atoms with E-state index in [-0.39, 0.29) is 54.0 Å². The molecule has 1 aliphatic carbocycles. The second-order valence-electron chi connectivity index (χ2n) is 11.1. The highest BCUT2D eigenvalue weighted by atomic mass is 35.5. The molecule has 0 saturated heterocycles. The zero-order valence-corrected chi connectivity index (χ0v) is 24.7. The molecule has 8 nitrogen and oxygen atoms in total. The van der Waals surface area contributed by atoms with E-state index in [1.54, 1.807) is 0 Å². The van der Waals surface area contributed by atoms with Crippen molar-refractivity contribution >= 4 is 33.4 Å². The first-order valence-corrected chi connectivity index (χ1v) is 15.2. The highest BCUT2D eigenvalue weighted by Crippen LogP contribution is 2.35. The van der Waals surface area contributed by atoms with E-state index in [0.29, 0.717) is 24.2 Å². The van der Waals surface area contributed by atoms with E-state index in [0.717, 1.165) is 37.5 Å². The Morgan fingerprint density at radius 3 is 2.50 bits per heavy atom. The summed E-state index contributed by atoms with van der Waals surface area (Å²) in [5.41, 5.74) is 5.69. The molecule has 11 heteroatoms. The van der Waals surface area contributed by atoms with E-state index >= 15 is 0 Å². The van der Waals surface area contributed by atoms with E-state index in [4.69, 9.17) is 22.1 Å². The van der Waals surface area contributed by atoms with E-state index < -0.39 is 27.8 Å². The number of sulfonamides is 1. The van der Waals surface area contributed by atoms with Gasteiger partial charge in [0.15, 0.2) is 0 Å². The van der Waals surface area contributed by atoms with Gasteiger partial charge in [-0.15, -0.1) is 0 Å². The summed E-state index contributed by atoms with van der Waals surface area (Å²) in [6.07, 6.45) is 3.65. The number of nitrogens with zero attached hydrogens (tertiary/aromatic N) is 1. The number of rotatable bonds is 14. The van der Waals surface area contributed by atoms with Crippen LogP contribution in [0.4, 0.5) is 4.39 Å². The fraction of sp³-hybridized carbons (Fsp3) is 0.704. The minimum absolute atomic E-state index is 0.0244. The molecule has 3 N–H and O–H groups in total. The zero-order chi connectivity index (χ0) is 28.6. The van der Waals surface area contributed by atoms with Crippen LogP contribution in [0, 0.1) is 29.5 Å². The Hall–Kier alpha value is -1.75. The number of benzene rings is 1. The molecule has 0 unspecified atom stereocenters. The number of hydrogen-bond acceptors (Lipinski definition) is 5. The topological polar surface area (TPSA) is 119 Å². The molecule has 0 bridgehead atoms. The van der Waals surface area contributed by atoms with Gasteiger partial charge in [0.2, 0.25) is 21.8 Å². The first-order valence-electron chi connectivity index (χ1n) is 13.4. The third-order valence-corrected chi connectivity index (χ3v) is 9.10. The third-order valence-electron chi connectivity index (χ3n) is 7.15. The summed E-state index contributed by atoms with van der Waals surface area (Å²) in [4.78, 5) is 26.9. The average Bonchev–Trinajstić information content (AvgIpc) is 2.80. The zero-order valence-electron chi connectivity index (χ0n) is 23.1. The molecule has 0 aromatic heterocycles. The number of nitrogens with one attached hydrogen (secondary N) is 1. The number of halogens is 2. The summed E-state index contributed by atoms with van der Waals surface area (Å²) in [5.74, 6) is -0.189. The van der Waals surface area contributed by atoms with Crippen molar-refractivity contribution < 1.29 is 27.1 Å². The van der Waals surface area contributed by atoms with Crippen LogP contribution in [0.3, 0.4) is 0 Å². The lowest BCUT2D eigenvalue weighted by atomic mass is 9.75. The van der Waals surface area contributed by atoms with E-state index in [9.17, 15) is 22.4 Å². The smallest absolute Gasteiger partial charge is 0.249 e. The van der Waals surface area contributed by atoms with Crippen LogP contribution in [0.2, 0.25) is 5.02 Å². The molecule has 4 atom stereocenters. The lowest BCUT2D eigenvalue weighted by Crippen LogP contribution is -2.51. The molecule has 1 saturated carbocycles. The van der Waals surface area contributed by atoms with Crippen molar-refractivity contribution in [3.8, 4) is 0 Å². The molecule has 38 heavy (non-hydrogen) atoms. The predicted octanol–water partition coefficient (Wildman–Crippen LogP) is 4.35. The molecule has 0 aliphatic heterocycles. The van der Waals surface area contributed by atoms with Crippen molar-refractivity contribution in [2.24, 2.45) is 29.4 Å². The molecule has 216 valence electrons. The quantitative estimate of drug-likeness (QED) is 0.320. The van der Waals surface area contributed by atoms with Gasteiger partial charge in [0.1, 0.15) is 23.4 Å². The number of amides is 2. The van der Waals surface area contributed by atoms with Gasteiger partial charge < -0.3 is 15.4 Å². The Bertz CT molecular complexity index is 1050. The molecule has 0 heterocycles. The first kappa shape index (κ1) is 32.5. The Labute approximate surface area is 231 Å². The predicted molar refractivity (Wildman–Crippen MR) is 146 cm³/mol. The van der Waals surface area contributed by atoms with Crippen molar-refractivity contribution in [1.29, 1.82) is 0 Å². The van der Waals surface area contributed by atoms with E-state index in [1.807, 2.05) is 13.8 Å². The lowest BCUT2D eigenvalue weighted by Gasteiger charge is -2.38. The number of carbonyl (C=O) groups excluding carboxylic acids is 2. The second kappa shape index (κ2) is 14.6. The van der Waals surface area contributed by atoms with Crippen molar-refractivity contribution in [1.82, 2.24) is 9.62 Å². The SMILES string of the molecule is CC(C)C[C@@H](C(N)=O)N(CCCNS(=O)(=O)c1ccc(F)cc1Cl)C(=O)CO[C@H]1C[C@H](C)CC[C@H]1C(C)C. The van der Waals surface area contributed by atoms with Crippen LogP contribution >= 0.6 is 11.6 Å². The van der Waals surface area contributed by atoms with Crippen LogP contribution in [-0.2, 0) is 24.3 Å². The summed E-state index contributed by atoms with van der Waals surface area (Å²) in [5, 5.41) is -0.228. The minimum Gasteiger partial charge on any atom is -0.368 e. The number of nitrogens with two attached hydrogens (primary N) is 1. The maximum Gasteiger partial charge on any atom is 0.249 e. The summed E-state index contributed by atoms with van der Waals surface area (Å²) in [7, 11) is -3.99. The van der Waals surface area contributed by atoms with Crippen molar-refractivity contribution in [2.75, 3.05) is 19.7 Å². The van der Waals surface area contributed by atoms with Crippen LogP contribution in [0.1, 0.15) is 66.7 Å². The highest BCUT2D eigenvalue weighted by molar-refractivity contribution is 7.89. The van der Waals surface area contributed by atoms with Gasteiger partial charge in [0, 0.05) is 13.1 Å². The fourth-order valence-corrected chi connectivity index (χ4v) is 6.70. The highest BCUT2D eigenvalue weighted by Gasteiger charge is 2.34. The monoisotopic (exact) mass is 575 g/mol. The largest absolute Gasteiger partial charge is 0.368 e. The van der Waals surface area contributed by atoms with Crippen LogP contribution < -0.4 is 10.5 Å². The molecule has 2 rings (SSSR count). The van der Waals surface area contributed by atoms with Gasteiger partial charge >= 0.3 is 0 Å². The summed E-state index contributed by atoms with van der Waals surface area (Å²) in [6, 6.07) is 2.20. The fourth-order valence-electron chi connectivity index (χ4n) is 5.09. The molecule has 1 fully saturated rings. The first-order chi connectivity index (χ1) is 17.7. The van der Waals surface area contributed by atoms with E-state index in [2.05, 4.69) is 25.5 Å². The minimum atomic E-state index is -3.99. The van der Waals surface area contributed by atoms with Gasteiger partial charge in [-0.25, -0.2) is 17.5 Å². The third kappa shape index (κ3) is 9.47. The number of ether oxygens (including phenoxy) is 1. The average molecular weight is 576 g/mol. The second-order valence-corrected chi connectivity index (χ2v) is 13.3. The summed E-state index contributed by atoms with van der Waals surface area (Å²) in [6.45, 7) is 10.3. The molecule has 2 amide bonds. The summed E-state index contributed by atoms with van der Waals surface area (Å²) < 4.78 is 47.1. The van der Waals surface area contributed by atoms with Crippen molar-refractivity contribution in [3.05, 3.63) is 29.0 Å². The molecular formula is C27H43ClFN3O5S. The molecule has 1 aromatic rings. The Morgan fingerprint density at radius 2 is 1.92 bits per heavy atom. The van der Waals surface area contributed by atoms with Gasteiger partial charge in [-0.05, 0) is 67.6 Å². The summed E-state index contributed by atoms with van der Waals surface area (Å²) >= 11 is 5.90. The number of primary amides is 1.